The molecule has 1 fully saturated rings. The van der Waals surface area contributed by atoms with E-state index >= 15 is 0 Å². The van der Waals surface area contributed by atoms with Gasteiger partial charge in [-0.2, -0.15) is 0 Å². The highest BCUT2D eigenvalue weighted by Gasteiger charge is 2.37. The minimum absolute atomic E-state index is 0.101. The Hall–Kier alpha value is -0.580. The van der Waals surface area contributed by atoms with E-state index in [1.165, 1.54) is 0 Å². The predicted octanol–water partition coefficient (Wildman–Crippen LogP) is 1.69. The lowest BCUT2D eigenvalue weighted by molar-refractivity contribution is -0.0503. The number of methoxy groups -OCH3 is 1. The van der Waals surface area contributed by atoms with Crippen LogP contribution >= 0.6 is 15.9 Å². The molecule has 0 bridgehead atoms. The van der Waals surface area contributed by atoms with E-state index in [-0.39, 0.29) is 11.4 Å². The monoisotopic (exact) mass is 271 g/mol. The molecule has 0 radical (unpaired) electrons. The van der Waals surface area contributed by atoms with Gasteiger partial charge in [0.2, 0.25) is 0 Å². The fourth-order valence-electron chi connectivity index (χ4n) is 1.80. The second-order valence-corrected chi connectivity index (χ2v) is 4.71. The third kappa shape index (κ3) is 2.02. The van der Waals surface area contributed by atoms with Gasteiger partial charge in [-0.25, -0.2) is 0 Å². The molecule has 1 aliphatic rings. The quantitative estimate of drug-likeness (QED) is 0.879. The van der Waals surface area contributed by atoms with Gasteiger partial charge in [0.15, 0.2) is 0 Å². The standard InChI is InChI=1S/C11H14BrNO2/c1-15-11(6-13-7-11)5-8-3-2-4-9(14)10(8)12/h2-4,13-14H,5-7H2,1H3. The average molecular weight is 272 g/mol. The molecule has 0 unspecified atom stereocenters. The molecule has 2 N–H and O–H groups in total. The lowest BCUT2D eigenvalue weighted by Gasteiger charge is -2.41. The fraction of sp³-hybridized carbons (Fsp3) is 0.455. The molecule has 3 nitrogen and oxygen atoms in total. The van der Waals surface area contributed by atoms with E-state index < -0.39 is 0 Å². The number of hydrogen-bond acceptors (Lipinski definition) is 3. The summed E-state index contributed by atoms with van der Waals surface area (Å²) in [5.74, 6) is 0.283. The van der Waals surface area contributed by atoms with Gasteiger partial charge < -0.3 is 15.2 Å². The summed E-state index contributed by atoms with van der Waals surface area (Å²) in [6.45, 7) is 1.73. The highest BCUT2D eigenvalue weighted by atomic mass is 79.9. The smallest absolute Gasteiger partial charge is 0.130 e. The maximum absolute atomic E-state index is 9.56. The molecule has 0 aromatic heterocycles. The molecule has 0 aliphatic carbocycles. The van der Waals surface area contributed by atoms with Crippen molar-refractivity contribution in [2.45, 2.75) is 12.0 Å². The molecule has 1 aromatic rings. The Kier molecular flexibility index (Phi) is 3.00. The van der Waals surface area contributed by atoms with Crippen LogP contribution in [0, 0.1) is 0 Å². The Morgan fingerprint density at radius 2 is 2.27 bits per heavy atom. The van der Waals surface area contributed by atoms with Crippen LogP contribution in [0.25, 0.3) is 0 Å². The first-order valence-corrected chi connectivity index (χ1v) is 5.68. The molecule has 4 heteroatoms. The lowest BCUT2D eigenvalue weighted by atomic mass is 9.89. The molecular weight excluding hydrogens is 258 g/mol. The number of ether oxygens (including phenoxy) is 1. The highest BCUT2D eigenvalue weighted by Crippen LogP contribution is 2.31. The first kappa shape index (κ1) is 10.9. The van der Waals surface area contributed by atoms with Gasteiger partial charge in [-0.05, 0) is 27.6 Å². The van der Waals surface area contributed by atoms with Crippen LogP contribution in [0.4, 0.5) is 0 Å². The molecular formula is C11H14BrNO2. The summed E-state index contributed by atoms with van der Waals surface area (Å²) in [5.41, 5.74) is 0.981. The van der Waals surface area contributed by atoms with Crippen LogP contribution < -0.4 is 5.32 Å². The molecule has 1 aliphatic heterocycles. The minimum Gasteiger partial charge on any atom is -0.507 e. The van der Waals surface area contributed by atoms with Crippen molar-refractivity contribution in [2.75, 3.05) is 20.2 Å². The number of hydrogen-bond donors (Lipinski definition) is 2. The van der Waals surface area contributed by atoms with Crippen molar-refractivity contribution in [3.05, 3.63) is 28.2 Å². The maximum Gasteiger partial charge on any atom is 0.130 e. The summed E-state index contributed by atoms with van der Waals surface area (Å²) in [7, 11) is 1.73. The Labute approximate surface area is 97.6 Å². The minimum atomic E-state index is -0.101. The normalized spacial score (nSPS) is 18.5. The van der Waals surface area contributed by atoms with Crippen molar-refractivity contribution in [2.24, 2.45) is 0 Å². The van der Waals surface area contributed by atoms with Crippen molar-refractivity contribution in [1.82, 2.24) is 5.32 Å². The first-order valence-electron chi connectivity index (χ1n) is 4.89. The van der Waals surface area contributed by atoms with Crippen LogP contribution in [0.3, 0.4) is 0 Å². The second-order valence-electron chi connectivity index (χ2n) is 3.92. The van der Waals surface area contributed by atoms with E-state index in [1.54, 1.807) is 13.2 Å². The Morgan fingerprint density at radius 3 is 2.80 bits per heavy atom. The third-order valence-electron chi connectivity index (χ3n) is 2.90. The van der Waals surface area contributed by atoms with Crippen LogP contribution in [0.2, 0.25) is 0 Å². The molecule has 0 saturated carbocycles. The van der Waals surface area contributed by atoms with Gasteiger partial charge in [0.05, 0.1) is 10.1 Å². The molecule has 1 heterocycles. The van der Waals surface area contributed by atoms with Gasteiger partial charge in [-0.1, -0.05) is 12.1 Å². The van der Waals surface area contributed by atoms with Crippen LogP contribution in [0.15, 0.2) is 22.7 Å². The van der Waals surface area contributed by atoms with Gasteiger partial charge in [0.1, 0.15) is 5.75 Å². The number of phenolic OH excluding ortho intramolecular Hbond substituents is 1. The summed E-state index contributed by atoms with van der Waals surface area (Å²) in [4.78, 5) is 0. The van der Waals surface area contributed by atoms with Gasteiger partial charge in [-0.15, -0.1) is 0 Å². The number of nitrogens with one attached hydrogen (secondary N) is 1. The van der Waals surface area contributed by atoms with Gasteiger partial charge >= 0.3 is 0 Å². The summed E-state index contributed by atoms with van der Waals surface area (Å²) in [6, 6.07) is 5.53. The summed E-state index contributed by atoms with van der Waals surface area (Å²) >= 11 is 3.39. The summed E-state index contributed by atoms with van der Waals surface area (Å²) in [5, 5.41) is 12.8. The van der Waals surface area contributed by atoms with E-state index in [4.69, 9.17) is 4.74 Å². The summed E-state index contributed by atoms with van der Waals surface area (Å²) < 4.78 is 6.28. The van der Waals surface area contributed by atoms with Crippen LogP contribution in [0.1, 0.15) is 5.56 Å². The van der Waals surface area contributed by atoms with E-state index in [0.29, 0.717) is 0 Å². The molecule has 1 aromatic carbocycles. The number of phenols is 1. The molecule has 0 spiro atoms. The highest BCUT2D eigenvalue weighted by molar-refractivity contribution is 9.10. The van der Waals surface area contributed by atoms with Crippen molar-refractivity contribution < 1.29 is 9.84 Å². The van der Waals surface area contributed by atoms with E-state index in [0.717, 1.165) is 29.5 Å². The Morgan fingerprint density at radius 1 is 1.53 bits per heavy atom. The van der Waals surface area contributed by atoms with E-state index in [2.05, 4.69) is 21.2 Å². The van der Waals surface area contributed by atoms with E-state index in [1.807, 2.05) is 12.1 Å². The molecule has 0 atom stereocenters. The second kappa shape index (κ2) is 4.12. The number of aromatic hydroxyl groups is 1. The predicted molar refractivity (Wildman–Crippen MR) is 62.1 cm³/mol. The number of benzene rings is 1. The van der Waals surface area contributed by atoms with Crippen LogP contribution in [0.5, 0.6) is 5.75 Å². The van der Waals surface area contributed by atoms with Gasteiger partial charge in [-0.3, -0.25) is 0 Å². The SMILES string of the molecule is COC1(Cc2cccc(O)c2Br)CNC1. The molecule has 15 heavy (non-hydrogen) atoms. The zero-order chi connectivity index (χ0) is 10.9. The fourth-order valence-corrected chi connectivity index (χ4v) is 2.20. The molecule has 82 valence electrons. The van der Waals surface area contributed by atoms with E-state index in [9.17, 15) is 5.11 Å². The van der Waals surface area contributed by atoms with Crippen molar-refractivity contribution in [3.63, 3.8) is 0 Å². The molecule has 1 saturated heterocycles. The summed E-state index contributed by atoms with van der Waals surface area (Å²) in [6.07, 6.45) is 0.811. The van der Waals surface area contributed by atoms with Crippen molar-refractivity contribution >= 4 is 15.9 Å². The van der Waals surface area contributed by atoms with Crippen LogP contribution in [-0.2, 0) is 11.2 Å². The zero-order valence-electron chi connectivity index (χ0n) is 8.59. The largest absolute Gasteiger partial charge is 0.507 e. The Bertz CT molecular complexity index is 358. The van der Waals surface area contributed by atoms with Crippen molar-refractivity contribution in [3.8, 4) is 5.75 Å². The maximum atomic E-state index is 9.56. The first-order chi connectivity index (χ1) is 7.17. The topological polar surface area (TPSA) is 41.5 Å². The third-order valence-corrected chi connectivity index (χ3v) is 3.81. The molecule has 2 rings (SSSR count). The van der Waals surface area contributed by atoms with Gasteiger partial charge in [0.25, 0.3) is 0 Å². The zero-order valence-corrected chi connectivity index (χ0v) is 10.2. The van der Waals surface area contributed by atoms with Gasteiger partial charge in [0, 0.05) is 26.6 Å². The van der Waals surface area contributed by atoms with Crippen LogP contribution in [-0.4, -0.2) is 30.9 Å². The number of rotatable bonds is 3. The Balaban J connectivity index is 2.20. The number of halogens is 1. The average Bonchev–Trinajstić information content (AvgIpc) is 2.18. The lowest BCUT2D eigenvalue weighted by Crippen LogP contribution is -2.61. The van der Waals surface area contributed by atoms with Crippen molar-refractivity contribution in [1.29, 1.82) is 0 Å². The molecule has 0 amide bonds.